The maximum absolute atomic E-state index is 6.89. The fourth-order valence-corrected chi connectivity index (χ4v) is 4.54. The first kappa shape index (κ1) is 21.5. The molecular weight excluding hydrogens is 438 g/mol. The van der Waals surface area contributed by atoms with Crippen LogP contribution in [0.15, 0.2) is 107 Å². The first-order valence-corrected chi connectivity index (χ1v) is 11.7. The van der Waals surface area contributed by atoms with Crippen LogP contribution >= 0.6 is 0 Å². The van der Waals surface area contributed by atoms with Crippen molar-refractivity contribution in [1.29, 1.82) is 0 Å². The van der Waals surface area contributed by atoms with Crippen LogP contribution in [0, 0.1) is 0 Å². The van der Waals surface area contributed by atoms with E-state index in [-0.39, 0.29) is 4.59 Å². The maximum atomic E-state index is 6.89. The van der Waals surface area contributed by atoms with E-state index in [1.54, 1.807) is 12.4 Å². The molecule has 2 N–H and O–H groups in total. The highest BCUT2D eigenvalue weighted by molar-refractivity contribution is 6.06. The third-order valence-corrected chi connectivity index (χ3v) is 6.40. The molecule has 0 amide bonds. The monoisotopic (exact) mass is 464 g/mol. The molecule has 6 rings (SSSR count). The first-order valence-electron chi connectivity index (χ1n) is 11.7. The zero-order chi connectivity index (χ0) is 23.7. The van der Waals surface area contributed by atoms with E-state index in [2.05, 4.69) is 34.2 Å². The Morgan fingerprint density at radius 2 is 1.51 bits per heavy atom. The fraction of sp³-hybridized carbons (Fsp3) is 0.143. The number of hydrogen-bond donors (Lipinski definition) is 1. The van der Waals surface area contributed by atoms with Crippen LogP contribution in [0.2, 0.25) is 0 Å². The van der Waals surface area contributed by atoms with Crippen LogP contribution in [0.5, 0.6) is 11.5 Å². The summed E-state index contributed by atoms with van der Waals surface area (Å²) in [6.45, 7) is 3.32. The molecule has 174 valence electrons. The van der Waals surface area contributed by atoms with Crippen molar-refractivity contribution < 1.29 is 14.1 Å². The van der Waals surface area contributed by atoms with Crippen molar-refractivity contribution in [2.75, 3.05) is 31.2 Å². The van der Waals surface area contributed by atoms with Crippen molar-refractivity contribution in [3.8, 4) is 11.5 Å². The highest BCUT2D eigenvalue weighted by Gasteiger charge is 2.44. The van der Waals surface area contributed by atoms with E-state index < -0.39 is 0 Å². The minimum Gasteiger partial charge on any atom is -0.457 e. The summed E-state index contributed by atoms with van der Waals surface area (Å²) in [5.74, 6) is 9.18. The van der Waals surface area contributed by atoms with E-state index in [0.29, 0.717) is 0 Å². The normalized spacial score (nSPS) is 21.2. The molecule has 0 spiro atoms. The van der Waals surface area contributed by atoms with Gasteiger partial charge in [-0.3, -0.25) is 4.99 Å². The third kappa shape index (κ3) is 4.06. The second-order valence-electron chi connectivity index (χ2n) is 8.61. The van der Waals surface area contributed by atoms with Crippen molar-refractivity contribution in [2.45, 2.75) is 0 Å². The Morgan fingerprint density at radius 1 is 0.829 bits per heavy atom. The van der Waals surface area contributed by atoms with Gasteiger partial charge in [-0.05, 0) is 48.5 Å². The number of morpholine rings is 1. The number of anilines is 1. The van der Waals surface area contributed by atoms with E-state index >= 15 is 0 Å². The number of benzene rings is 3. The molecule has 35 heavy (non-hydrogen) atoms. The highest BCUT2D eigenvalue weighted by atomic mass is 16.5. The van der Waals surface area contributed by atoms with Gasteiger partial charge in [-0.25, -0.2) is 0 Å². The topological polar surface area (TPSA) is 72.4 Å². The largest absolute Gasteiger partial charge is 0.457 e. The van der Waals surface area contributed by atoms with Gasteiger partial charge < -0.3 is 14.4 Å². The second kappa shape index (κ2) is 8.96. The number of fused-ring (bicyclic) bond motifs is 1. The number of ether oxygens (including phenoxy) is 2. The zero-order valence-corrected chi connectivity index (χ0v) is 19.2. The van der Waals surface area contributed by atoms with Crippen LogP contribution in [0.25, 0.3) is 5.70 Å². The molecule has 1 atom stereocenters. The van der Waals surface area contributed by atoms with Crippen molar-refractivity contribution in [3.05, 3.63) is 108 Å². The molecule has 1 saturated heterocycles. The number of rotatable bonds is 5. The van der Waals surface area contributed by atoms with Gasteiger partial charge in [0.05, 0.1) is 31.2 Å². The number of amidine groups is 1. The smallest absolute Gasteiger partial charge is 0.265 e. The van der Waals surface area contributed by atoms with Crippen molar-refractivity contribution in [1.82, 2.24) is 0 Å². The van der Waals surface area contributed by atoms with Crippen molar-refractivity contribution in [2.24, 2.45) is 15.8 Å². The molecule has 1 fully saturated rings. The molecule has 3 aliphatic heterocycles. The Labute approximate surface area is 204 Å². The number of hydrogen-bond acceptors (Lipinski definition) is 6. The molecule has 0 bridgehead atoms. The highest BCUT2D eigenvalue weighted by Crippen LogP contribution is 2.37. The molecule has 3 aromatic carbocycles. The van der Waals surface area contributed by atoms with E-state index in [0.717, 1.165) is 66.2 Å². The summed E-state index contributed by atoms with van der Waals surface area (Å²) in [6, 6.07) is 26.1. The number of aliphatic imine (C=N–C) groups is 2. The van der Waals surface area contributed by atoms with Crippen LogP contribution < -0.4 is 15.5 Å². The summed E-state index contributed by atoms with van der Waals surface area (Å²) >= 11 is 0. The van der Waals surface area contributed by atoms with Gasteiger partial charge in [-0.2, -0.15) is 10.8 Å². The zero-order valence-electron chi connectivity index (χ0n) is 19.2. The maximum Gasteiger partial charge on any atom is 0.265 e. The molecule has 1 unspecified atom stereocenters. The van der Waals surface area contributed by atoms with Crippen LogP contribution in [-0.4, -0.2) is 42.9 Å². The fourth-order valence-electron chi connectivity index (χ4n) is 4.54. The van der Waals surface area contributed by atoms with E-state index in [9.17, 15) is 0 Å². The van der Waals surface area contributed by atoms with Crippen LogP contribution in [0.3, 0.4) is 0 Å². The lowest BCUT2D eigenvalue weighted by Crippen LogP contribution is -2.53. The van der Waals surface area contributed by atoms with Gasteiger partial charge in [-0.15, -0.1) is 4.59 Å². The van der Waals surface area contributed by atoms with Gasteiger partial charge in [0.2, 0.25) is 5.70 Å². The summed E-state index contributed by atoms with van der Waals surface area (Å²) in [5.41, 5.74) is 4.78. The number of quaternary nitrogens is 1. The quantitative estimate of drug-likeness (QED) is 0.439. The molecule has 0 radical (unpaired) electrons. The molecule has 7 heteroatoms. The van der Waals surface area contributed by atoms with Gasteiger partial charge in [-0.1, -0.05) is 30.3 Å². The van der Waals surface area contributed by atoms with Crippen LogP contribution in [0.1, 0.15) is 11.1 Å². The van der Waals surface area contributed by atoms with Crippen molar-refractivity contribution >= 4 is 23.4 Å². The van der Waals surface area contributed by atoms with Crippen molar-refractivity contribution in [3.63, 3.8) is 0 Å². The number of para-hydroxylation sites is 1. The van der Waals surface area contributed by atoms with E-state index in [1.165, 1.54) is 5.69 Å². The van der Waals surface area contributed by atoms with Crippen LogP contribution in [0.4, 0.5) is 5.69 Å². The molecule has 3 aromatic rings. The summed E-state index contributed by atoms with van der Waals surface area (Å²) < 4.78 is 11.4. The summed E-state index contributed by atoms with van der Waals surface area (Å²) in [4.78, 5) is 11.7. The standard InChI is InChI=1S/C28H26N5O2/c29-33-17-14-30-20-26(33)27(21-6-10-23(11-7-21)32-15-18-34-19-16-32)31-28(33)22-8-12-25(13-9-22)35-24-4-2-1-3-5-24/h1-14,17,20H,15-16,18-19,29H2/q+1. The number of allylic oxidation sites excluding steroid dienone is 1. The van der Waals surface area contributed by atoms with Gasteiger partial charge >= 0.3 is 0 Å². The summed E-state index contributed by atoms with van der Waals surface area (Å²) in [5, 5.41) is 0. The average molecular weight is 465 g/mol. The summed E-state index contributed by atoms with van der Waals surface area (Å²) in [6.07, 6.45) is 5.38. The third-order valence-electron chi connectivity index (χ3n) is 6.40. The number of nitrogens with two attached hydrogens (primary N) is 1. The lowest BCUT2D eigenvalue weighted by atomic mass is 10.1. The molecular formula is C28H26N5O2+. The SMILES string of the molecule is N[N+]12C=CN=CC1=C(c1ccc(N3CCOCC3)cc1)N=C2c1ccc(Oc2ccccc2)cc1. The van der Waals surface area contributed by atoms with Gasteiger partial charge in [0.1, 0.15) is 23.4 Å². The second-order valence-corrected chi connectivity index (χ2v) is 8.61. The Bertz CT molecular complexity index is 1340. The Morgan fingerprint density at radius 3 is 2.26 bits per heavy atom. The average Bonchev–Trinajstić information content (AvgIpc) is 3.23. The predicted octanol–water partition coefficient (Wildman–Crippen LogP) is 4.69. The Balaban J connectivity index is 1.30. The lowest BCUT2D eigenvalue weighted by Gasteiger charge is -2.29. The number of nitrogens with zero attached hydrogens (tertiary/aromatic N) is 4. The van der Waals surface area contributed by atoms with Gasteiger partial charge in [0, 0.05) is 24.3 Å². The van der Waals surface area contributed by atoms with Gasteiger partial charge in [0.15, 0.2) is 0 Å². The molecule has 3 heterocycles. The molecule has 7 nitrogen and oxygen atoms in total. The first-order chi connectivity index (χ1) is 17.2. The Hall–Kier alpha value is -4.04. The summed E-state index contributed by atoms with van der Waals surface area (Å²) in [7, 11) is 0. The predicted molar refractivity (Wildman–Crippen MR) is 138 cm³/mol. The van der Waals surface area contributed by atoms with E-state index in [1.807, 2.05) is 60.8 Å². The minimum atomic E-state index is -0.0249. The molecule has 3 aliphatic rings. The molecule has 0 aromatic heterocycles. The minimum absolute atomic E-state index is 0.0249. The van der Waals surface area contributed by atoms with E-state index in [4.69, 9.17) is 20.3 Å². The lowest BCUT2D eigenvalue weighted by molar-refractivity contribution is -0.749. The molecule has 0 aliphatic carbocycles. The van der Waals surface area contributed by atoms with Gasteiger partial charge in [0.25, 0.3) is 5.84 Å². The molecule has 0 saturated carbocycles. The Kier molecular flexibility index (Phi) is 5.50. The van der Waals surface area contributed by atoms with Crippen LogP contribution in [-0.2, 0) is 4.74 Å².